The zero-order chi connectivity index (χ0) is 13.4. The molecular formula is C13H18N2O3. The minimum Gasteiger partial charge on any atom is -0.481 e. The molecule has 1 rings (SSSR count). The Bertz CT molecular complexity index is 392. The first kappa shape index (κ1) is 14.0. The fourth-order valence-electron chi connectivity index (χ4n) is 1.52. The highest BCUT2D eigenvalue weighted by molar-refractivity contribution is 5.75. The molecule has 0 fully saturated rings. The normalized spacial score (nSPS) is 9.83. The van der Waals surface area contributed by atoms with Crippen molar-refractivity contribution in [1.29, 1.82) is 0 Å². The number of hydrogen-bond donors (Lipinski definition) is 2. The number of amides is 2. The van der Waals surface area contributed by atoms with Crippen LogP contribution in [0.3, 0.4) is 0 Å². The molecule has 0 aliphatic rings. The van der Waals surface area contributed by atoms with Crippen LogP contribution in [0.4, 0.5) is 4.79 Å². The molecule has 98 valence electrons. The summed E-state index contributed by atoms with van der Waals surface area (Å²) in [5.74, 6) is -0.915. The average molecular weight is 250 g/mol. The maximum atomic E-state index is 11.8. The summed E-state index contributed by atoms with van der Waals surface area (Å²) >= 11 is 0. The smallest absolute Gasteiger partial charge is 0.317 e. The maximum Gasteiger partial charge on any atom is 0.317 e. The highest BCUT2D eigenvalue weighted by Gasteiger charge is 2.11. The fraction of sp³-hybridized carbons (Fsp3) is 0.385. The third kappa shape index (κ3) is 4.86. The number of hydrogen-bond acceptors (Lipinski definition) is 2. The lowest BCUT2D eigenvalue weighted by atomic mass is 10.2. The van der Waals surface area contributed by atoms with E-state index in [0.717, 1.165) is 5.56 Å². The number of nitrogens with zero attached hydrogens (tertiary/aromatic N) is 1. The van der Waals surface area contributed by atoms with Gasteiger partial charge in [-0.1, -0.05) is 30.3 Å². The first-order valence-electron chi connectivity index (χ1n) is 5.92. The molecule has 0 aliphatic carbocycles. The van der Waals surface area contributed by atoms with Crippen LogP contribution in [0.5, 0.6) is 0 Å². The molecule has 1 aromatic rings. The van der Waals surface area contributed by atoms with Gasteiger partial charge in [-0.2, -0.15) is 0 Å². The van der Waals surface area contributed by atoms with Crippen LogP contribution in [-0.2, 0) is 11.3 Å². The lowest BCUT2D eigenvalue weighted by Crippen LogP contribution is -2.40. The Morgan fingerprint density at radius 1 is 1.28 bits per heavy atom. The predicted octanol–water partition coefficient (Wildman–Crippen LogP) is 1.69. The summed E-state index contributed by atoms with van der Waals surface area (Å²) in [4.78, 5) is 23.8. The molecule has 0 bridgehead atoms. The van der Waals surface area contributed by atoms with Gasteiger partial charge in [-0.25, -0.2) is 4.79 Å². The highest BCUT2D eigenvalue weighted by atomic mass is 16.4. The quantitative estimate of drug-likeness (QED) is 0.807. The monoisotopic (exact) mass is 250 g/mol. The average Bonchev–Trinajstić information content (AvgIpc) is 2.36. The summed E-state index contributed by atoms with van der Waals surface area (Å²) in [6, 6.07) is 9.44. The standard InChI is InChI=1S/C13H18N2O3/c1-2-15(10-11-6-4-3-5-7-11)13(18)14-9-8-12(16)17/h3-7H,2,8-10H2,1H3,(H,14,18)(H,16,17). The molecule has 0 unspecified atom stereocenters. The van der Waals surface area contributed by atoms with E-state index in [0.29, 0.717) is 13.1 Å². The molecule has 0 atom stereocenters. The van der Waals surface area contributed by atoms with E-state index in [9.17, 15) is 9.59 Å². The van der Waals surface area contributed by atoms with Crippen LogP contribution in [0, 0.1) is 0 Å². The van der Waals surface area contributed by atoms with Crippen LogP contribution >= 0.6 is 0 Å². The van der Waals surface area contributed by atoms with Gasteiger partial charge in [-0.15, -0.1) is 0 Å². The van der Waals surface area contributed by atoms with Gasteiger partial charge in [-0.05, 0) is 12.5 Å². The first-order chi connectivity index (χ1) is 8.63. The number of aliphatic carboxylic acids is 1. The number of carboxylic acids is 1. The van der Waals surface area contributed by atoms with E-state index in [2.05, 4.69) is 5.32 Å². The Balaban J connectivity index is 2.45. The van der Waals surface area contributed by atoms with E-state index < -0.39 is 5.97 Å². The molecule has 2 amide bonds. The van der Waals surface area contributed by atoms with Gasteiger partial charge >= 0.3 is 12.0 Å². The second kappa shape index (κ2) is 7.32. The van der Waals surface area contributed by atoms with Gasteiger partial charge in [0.25, 0.3) is 0 Å². The zero-order valence-corrected chi connectivity index (χ0v) is 10.4. The predicted molar refractivity (Wildman–Crippen MR) is 68.2 cm³/mol. The van der Waals surface area contributed by atoms with Crippen molar-refractivity contribution < 1.29 is 14.7 Å². The summed E-state index contributed by atoms with van der Waals surface area (Å²) in [6.07, 6.45) is -0.0609. The van der Waals surface area contributed by atoms with E-state index in [1.807, 2.05) is 37.3 Å². The summed E-state index contributed by atoms with van der Waals surface area (Å²) in [5.41, 5.74) is 1.05. The van der Waals surface area contributed by atoms with Crippen LogP contribution in [0.25, 0.3) is 0 Å². The molecule has 0 aromatic heterocycles. The largest absolute Gasteiger partial charge is 0.481 e. The van der Waals surface area contributed by atoms with Gasteiger partial charge in [-0.3, -0.25) is 4.79 Å². The van der Waals surface area contributed by atoms with E-state index in [1.54, 1.807) is 4.90 Å². The molecule has 0 saturated carbocycles. The molecule has 18 heavy (non-hydrogen) atoms. The minimum absolute atomic E-state index is 0.0609. The van der Waals surface area contributed by atoms with Crippen LogP contribution in [0.1, 0.15) is 18.9 Å². The van der Waals surface area contributed by atoms with Crippen LogP contribution in [0.2, 0.25) is 0 Å². The van der Waals surface area contributed by atoms with E-state index >= 15 is 0 Å². The first-order valence-corrected chi connectivity index (χ1v) is 5.92. The molecule has 0 aliphatic heterocycles. The Kier molecular flexibility index (Phi) is 5.70. The molecule has 1 aromatic carbocycles. The van der Waals surface area contributed by atoms with Crippen molar-refractivity contribution in [3.63, 3.8) is 0 Å². The molecular weight excluding hydrogens is 232 g/mol. The minimum atomic E-state index is -0.915. The fourth-order valence-corrected chi connectivity index (χ4v) is 1.52. The van der Waals surface area contributed by atoms with Crippen LogP contribution in [0.15, 0.2) is 30.3 Å². The second-order valence-electron chi connectivity index (χ2n) is 3.88. The Morgan fingerprint density at radius 2 is 1.94 bits per heavy atom. The van der Waals surface area contributed by atoms with E-state index in [-0.39, 0.29) is 19.0 Å². The zero-order valence-electron chi connectivity index (χ0n) is 10.4. The van der Waals surface area contributed by atoms with E-state index in [1.165, 1.54) is 0 Å². The van der Waals surface area contributed by atoms with Crippen molar-refractivity contribution in [3.8, 4) is 0 Å². The second-order valence-corrected chi connectivity index (χ2v) is 3.88. The van der Waals surface area contributed by atoms with Crippen molar-refractivity contribution >= 4 is 12.0 Å². The van der Waals surface area contributed by atoms with Gasteiger partial charge in [0.1, 0.15) is 0 Å². The van der Waals surface area contributed by atoms with Crippen molar-refractivity contribution in [2.24, 2.45) is 0 Å². The number of nitrogens with one attached hydrogen (secondary N) is 1. The van der Waals surface area contributed by atoms with Gasteiger partial charge in [0.05, 0.1) is 6.42 Å². The summed E-state index contributed by atoms with van der Waals surface area (Å²) < 4.78 is 0. The Labute approximate surface area is 106 Å². The Hall–Kier alpha value is -2.04. The SMILES string of the molecule is CCN(Cc1ccccc1)C(=O)NCCC(=O)O. The third-order valence-corrected chi connectivity index (χ3v) is 2.50. The molecule has 0 radical (unpaired) electrons. The highest BCUT2D eigenvalue weighted by Crippen LogP contribution is 2.04. The summed E-state index contributed by atoms with van der Waals surface area (Å²) in [7, 11) is 0. The topological polar surface area (TPSA) is 69.6 Å². The molecule has 0 heterocycles. The molecule has 0 saturated heterocycles. The lowest BCUT2D eigenvalue weighted by molar-refractivity contribution is -0.136. The van der Waals surface area contributed by atoms with Gasteiger partial charge < -0.3 is 15.3 Å². The van der Waals surface area contributed by atoms with Crippen molar-refractivity contribution in [2.75, 3.05) is 13.1 Å². The van der Waals surface area contributed by atoms with Crippen LogP contribution in [-0.4, -0.2) is 35.1 Å². The van der Waals surface area contributed by atoms with Gasteiger partial charge in [0.2, 0.25) is 0 Å². The maximum absolute atomic E-state index is 11.8. The van der Waals surface area contributed by atoms with Gasteiger partial charge in [0.15, 0.2) is 0 Å². The van der Waals surface area contributed by atoms with Crippen LogP contribution < -0.4 is 5.32 Å². The number of carbonyl (C=O) groups excluding carboxylic acids is 1. The van der Waals surface area contributed by atoms with Gasteiger partial charge in [0, 0.05) is 19.6 Å². The lowest BCUT2D eigenvalue weighted by Gasteiger charge is -2.21. The van der Waals surface area contributed by atoms with Crippen molar-refractivity contribution in [2.45, 2.75) is 19.9 Å². The number of carboxylic acid groups (broad SMARTS) is 1. The van der Waals surface area contributed by atoms with E-state index in [4.69, 9.17) is 5.11 Å². The number of rotatable bonds is 6. The van der Waals surface area contributed by atoms with Crippen molar-refractivity contribution in [1.82, 2.24) is 10.2 Å². The molecule has 5 heteroatoms. The molecule has 2 N–H and O–H groups in total. The number of urea groups is 1. The molecule has 5 nitrogen and oxygen atoms in total. The number of carbonyl (C=O) groups is 2. The summed E-state index contributed by atoms with van der Waals surface area (Å²) in [6.45, 7) is 3.14. The Morgan fingerprint density at radius 3 is 2.50 bits per heavy atom. The number of benzene rings is 1. The molecule has 0 spiro atoms. The summed E-state index contributed by atoms with van der Waals surface area (Å²) in [5, 5.41) is 11.1. The van der Waals surface area contributed by atoms with Crippen molar-refractivity contribution in [3.05, 3.63) is 35.9 Å². The third-order valence-electron chi connectivity index (χ3n) is 2.50.